The van der Waals surface area contributed by atoms with Gasteiger partial charge in [-0.15, -0.1) is 0 Å². The lowest BCUT2D eigenvalue weighted by Gasteiger charge is -2.25. The number of nitrogens with one attached hydrogen (secondary N) is 1. The fraction of sp³-hybridized carbons (Fsp3) is 0.417. The molecule has 1 saturated heterocycles. The molecule has 1 atom stereocenters. The van der Waals surface area contributed by atoms with Crippen LogP contribution in [0.4, 0.5) is 5.69 Å². The summed E-state index contributed by atoms with van der Waals surface area (Å²) in [6.07, 6.45) is 2.11. The fourth-order valence-electron chi connectivity index (χ4n) is 3.57. The van der Waals surface area contributed by atoms with Crippen LogP contribution < -0.4 is 10.1 Å². The van der Waals surface area contributed by atoms with Gasteiger partial charge >= 0.3 is 0 Å². The maximum absolute atomic E-state index is 13.0. The Labute approximate surface area is 178 Å². The van der Waals surface area contributed by atoms with Gasteiger partial charge in [-0.25, -0.2) is 0 Å². The first kappa shape index (κ1) is 21.8. The molecule has 2 aromatic rings. The minimum atomic E-state index is -0.204. The van der Waals surface area contributed by atoms with Crippen molar-refractivity contribution in [2.24, 2.45) is 0 Å². The molecule has 30 heavy (non-hydrogen) atoms. The van der Waals surface area contributed by atoms with Crippen LogP contribution in [0.3, 0.4) is 0 Å². The van der Waals surface area contributed by atoms with Gasteiger partial charge < -0.3 is 19.7 Å². The van der Waals surface area contributed by atoms with Crippen LogP contribution in [0.25, 0.3) is 0 Å². The molecular formula is C24H30N2O4. The molecule has 6 nitrogen and oxygen atoms in total. The summed E-state index contributed by atoms with van der Waals surface area (Å²) < 4.78 is 10.9. The second-order valence-corrected chi connectivity index (χ2v) is 7.73. The van der Waals surface area contributed by atoms with E-state index in [9.17, 15) is 9.59 Å². The number of hydrogen-bond acceptors (Lipinski definition) is 4. The zero-order valence-corrected chi connectivity index (χ0v) is 17.9. The van der Waals surface area contributed by atoms with Crippen molar-refractivity contribution in [3.63, 3.8) is 0 Å². The van der Waals surface area contributed by atoms with Gasteiger partial charge in [-0.2, -0.15) is 0 Å². The van der Waals surface area contributed by atoms with E-state index in [1.165, 1.54) is 0 Å². The van der Waals surface area contributed by atoms with Gasteiger partial charge in [-0.1, -0.05) is 24.3 Å². The quantitative estimate of drug-likeness (QED) is 0.723. The number of carbonyl (C=O) groups is 2. The van der Waals surface area contributed by atoms with Gasteiger partial charge in [0.25, 0.3) is 0 Å². The lowest BCUT2D eigenvalue weighted by Crippen LogP contribution is -2.43. The van der Waals surface area contributed by atoms with Crippen molar-refractivity contribution in [3.8, 4) is 5.75 Å². The second kappa shape index (κ2) is 10.3. The molecular weight excluding hydrogens is 380 g/mol. The second-order valence-electron chi connectivity index (χ2n) is 7.73. The van der Waals surface area contributed by atoms with Gasteiger partial charge in [0.15, 0.2) is 0 Å². The van der Waals surface area contributed by atoms with Crippen LogP contribution >= 0.6 is 0 Å². The van der Waals surface area contributed by atoms with E-state index in [1.54, 1.807) is 12.0 Å². The molecule has 1 heterocycles. The molecule has 2 aromatic carbocycles. The highest BCUT2D eigenvalue weighted by Gasteiger charge is 2.24. The maximum atomic E-state index is 13.0. The van der Waals surface area contributed by atoms with E-state index in [0.717, 1.165) is 41.0 Å². The standard InChI is InChI=1S/C24H30N2O4/c1-17-6-4-8-22(18(17)2)25-23(27)16-26(15-21-7-5-13-30-21)24(28)14-19-9-11-20(29-3)12-10-19/h4,6,8-12,21H,5,7,13-16H2,1-3H3,(H,25,27)/t21-/m0/s1. The summed E-state index contributed by atoms with van der Waals surface area (Å²) in [4.78, 5) is 27.4. The topological polar surface area (TPSA) is 67.9 Å². The van der Waals surface area contributed by atoms with Gasteiger partial charge in [0, 0.05) is 18.8 Å². The molecule has 0 bridgehead atoms. The number of benzene rings is 2. The average molecular weight is 411 g/mol. The maximum Gasteiger partial charge on any atom is 0.244 e. The molecule has 0 aromatic heterocycles. The number of hydrogen-bond donors (Lipinski definition) is 1. The van der Waals surface area contributed by atoms with Crippen molar-refractivity contribution in [2.45, 2.75) is 39.2 Å². The zero-order valence-electron chi connectivity index (χ0n) is 17.9. The number of ether oxygens (including phenoxy) is 2. The van der Waals surface area contributed by atoms with Crippen LogP contribution in [-0.4, -0.2) is 49.6 Å². The van der Waals surface area contributed by atoms with E-state index in [2.05, 4.69) is 5.32 Å². The molecule has 1 N–H and O–H groups in total. The Morgan fingerprint density at radius 3 is 2.60 bits per heavy atom. The average Bonchev–Trinajstić information content (AvgIpc) is 3.24. The Kier molecular flexibility index (Phi) is 7.46. The summed E-state index contributed by atoms with van der Waals surface area (Å²) in [6.45, 7) is 5.12. The van der Waals surface area contributed by atoms with E-state index in [0.29, 0.717) is 13.2 Å². The first-order valence-corrected chi connectivity index (χ1v) is 10.3. The molecule has 1 aliphatic heterocycles. The van der Waals surface area contributed by atoms with Crippen LogP contribution in [0.2, 0.25) is 0 Å². The van der Waals surface area contributed by atoms with Gasteiger partial charge in [-0.3, -0.25) is 9.59 Å². The lowest BCUT2D eigenvalue weighted by molar-refractivity contribution is -0.135. The highest BCUT2D eigenvalue weighted by atomic mass is 16.5. The van der Waals surface area contributed by atoms with Crippen molar-refractivity contribution in [1.29, 1.82) is 0 Å². The van der Waals surface area contributed by atoms with Crippen LogP contribution in [0.1, 0.15) is 29.5 Å². The van der Waals surface area contributed by atoms with E-state index < -0.39 is 0 Å². The van der Waals surface area contributed by atoms with Crippen LogP contribution in [-0.2, 0) is 20.7 Å². The first-order chi connectivity index (χ1) is 14.5. The SMILES string of the molecule is COc1ccc(CC(=O)N(CC(=O)Nc2cccc(C)c2C)C[C@@H]2CCCO2)cc1. The molecule has 0 spiro atoms. The number of amides is 2. The van der Waals surface area contributed by atoms with Crippen molar-refractivity contribution >= 4 is 17.5 Å². The Hall–Kier alpha value is -2.86. The molecule has 0 radical (unpaired) electrons. The number of carbonyl (C=O) groups excluding carboxylic acids is 2. The van der Waals surface area contributed by atoms with Gasteiger partial charge in [0.05, 0.1) is 26.2 Å². The monoisotopic (exact) mass is 410 g/mol. The molecule has 1 aliphatic rings. The molecule has 0 aliphatic carbocycles. The summed E-state index contributed by atoms with van der Waals surface area (Å²) in [7, 11) is 1.61. The van der Waals surface area contributed by atoms with Gasteiger partial charge in [0.1, 0.15) is 5.75 Å². The first-order valence-electron chi connectivity index (χ1n) is 10.3. The Bertz CT molecular complexity index is 873. The summed E-state index contributed by atoms with van der Waals surface area (Å²) in [5.41, 5.74) is 3.80. The number of methoxy groups -OCH3 is 1. The summed E-state index contributed by atoms with van der Waals surface area (Å²) in [5.74, 6) is 0.451. The molecule has 0 saturated carbocycles. The molecule has 1 fully saturated rings. The molecule has 2 amide bonds. The third kappa shape index (κ3) is 5.83. The third-order valence-corrected chi connectivity index (χ3v) is 5.53. The van der Waals surface area contributed by atoms with Crippen molar-refractivity contribution in [2.75, 3.05) is 32.1 Å². The Morgan fingerprint density at radius 1 is 1.17 bits per heavy atom. The van der Waals surface area contributed by atoms with E-state index in [4.69, 9.17) is 9.47 Å². The number of aryl methyl sites for hydroxylation is 1. The van der Waals surface area contributed by atoms with E-state index >= 15 is 0 Å². The summed E-state index contributed by atoms with van der Waals surface area (Å²) in [6, 6.07) is 13.2. The van der Waals surface area contributed by atoms with Crippen molar-refractivity contribution < 1.29 is 19.1 Å². The summed E-state index contributed by atoms with van der Waals surface area (Å²) >= 11 is 0. The zero-order chi connectivity index (χ0) is 21.5. The minimum Gasteiger partial charge on any atom is -0.497 e. The van der Waals surface area contributed by atoms with E-state index in [1.807, 2.05) is 56.3 Å². The smallest absolute Gasteiger partial charge is 0.244 e. The van der Waals surface area contributed by atoms with Crippen LogP contribution in [0, 0.1) is 13.8 Å². The Balaban J connectivity index is 1.68. The predicted octanol–water partition coefficient (Wildman–Crippen LogP) is 3.50. The predicted molar refractivity (Wildman–Crippen MR) is 117 cm³/mol. The Morgan fingerprint density at radius 2 is 1.93 bits per heavy atom. The van der Waals surface area contributed by atoms with Gasteiger partial charge in [0.2, 0.25) is 11.8 Å². The number of rotatable bonds is 8. The number of anilines is 1. The van der Waals surface area contributed by atoms with Crippen molar-refractivity contribution in [3.05, 3.63) is 59.2 Å². The van der Waals surface area contributed by atoms with Crippen molar-refractivity contribution in [1.82, 2.24) is 4.90 Å². The molecule has 3 rings (SSSR count). The lowest BCUT2D eigenvalue weighted by atomic mass is 10.1. The van der Waals surface area contributed by atoms with E-state index in [-0.39, 0.29) is 30.9 Å². The molecule has 6 heteroatoms. The normalized spacial score (nSPS) is 15.6. The highest BCUT2D eigenvalue weighted by molar-refractivity contribution is 5.95. The fourth-order valence-corrected chi connectivity index (χ4v) is 3.57. The van der Waals surface area contributed by atoms with Crippen LogP contribution in [0.5, 0.6) is 5.75 Å². The third-order valence-electron chi connectivity index (χ3n) is 5.53. The van der Waals surface area contributed by atoms with Gasteiger partial charge in [-0.05, 0) is 61.6 Å². The number of nitrogens with zero attached hydrogens (tertiary/aromatic N) is 1. The van der Waals surface area contributed by atoms with Crippen LogP contribution in [0.15, 0.2) is 42.5 Å². The summed E-state index contributed by atoms with van der Waals surface area (Å²) in [5, 5.41) is 2.95. The highest BCUT2D eigenvalue weighted by Crippen LogP contribution is 2.19. The minimum absolute atomic E-state index is 0.00221. The molecule has 0 unspecified atom stereocenters. The largest absolute Gasteiger partial charge is 0.497 e. The molecule has 160 valence electrons.